The molecule has 0 radical (unpaired) electrons. The first-order valence-corrected chi connectivity index (χ1v) is 6.01. The summed E-state index contributed by atoms with van der Waals surface area (Å²) >= 11 is 4.99. The van der Waals surface area contributed by atoms with Gasteiger partial charge in [0.15, 0.2) is 5.11 Å². The monoisotopic (exact) mass is 263 g/mol. The minimum absolute atomic E-state index is 0.483. The van der Waals surface area contributed by atoms with Gasteiger partial charge in [-0.15, -0.1) is 0 Å². The normalized spacial score (nSPS) is 10.9. The third kappa shape index (κ3) is 6.78. The standard InChI is InChI=1S/C13H17N3OS/c1-17-11-10-14-13(18)16-15-9-5-8-12-6-3-2-4-7-12/h2-9H,10-11H2,1H3,(H2,14,16,18)/b8-5+,15-9+. The van der Waals surface area contributed by atoms with E-state index in [-0.39, 0.29) is 0 Å². The van der Waals surface area contributed by atoms with E-state index in [1.165, 1.54) is 0 Å². The largest absolute Gasteiger partial charge is 0.383 e. The van der Waals surface area contributed by atoms with Gasteiger partial charge in [-0.05, 0) is 23.9 Å². The van der Waals surface area contributed by atoms with Crippen molar-refractivity contribution < 1.29 is 4.74 Å². The van der Waals surface area contributed by atoms with Crippen molar-refractivity contribution in [2.75, 3.05) is 20.3 Å². The molecular formula is C13H17N3OS. The van der Waals surface area contributed by atoms with E-state index >= 15 is 0 Å². The van der Waals surface area contributed by atoms with Gasteiger partial charge in [-0.2, -0.15) is 5.10 Å². The zero-order valence-electron chi connectivity index (χ0n) is 10.3. The first-order chi connectivity index (χ1) is 8.83. The number of hydrazone groups is 1. The van der Waals surface area contributed by atoms with E-state index in [0.29, 0.717) is 18.3 Å². The number of hydrogen-bond donors (Lipinski definition) is 2. The Labute approximate surface area is 113 Å². The molecule has 0 aliphatic rings. The molecule has 0 saturated carbocycles. The quantitative estimate of drug-likeness (QED) is 0.355. The Kier molecular flexibility index (Phi) is 7.43. The van der Waals surface area contributed by atoms with Crippen LogP contribution in [0.5, 0.6) is 0 Å². The van der Waals surface area contributed by atoms with Gasteiger partial charge >= 0.3 is 0 Å². The Morgan fingerprint density at radius 2 is 2.17 bits per heavy atom. The van der Waals surface area contributed by atoms with E-state index in [1.807, 2.05) is 42.5 Å². The molecule has 0 heterocycles. The highest BCUT2D eigenvalue weighted by molar-refractivity contribution is 7.80. The van der Waals surface area contributed by atoms with E-state index in [4.69, 9.17) is 17.0 Å². The molecule has 18 heavy (non-hydrogen) atoms. The smallest absolute Gasteiger partial charge is 0.187 e. The zero-order valence-corrected chi connectivity index (χ0v) is 11.1. The van der Waals surface area contributed by atoms with Gasteiger partial charge in [-0.25, -0.2) is 0 Å². The highest BCUT2D eigenvalue weighted by Crippen LogP contribution is 1.99. The molecular weight excluding hydrogens is 246 g/mol. The van der Waals surface area contributed by atoms with Crippen LogP contribution in [-0.4, -0.2) is 31.6 Å². The van der Waals surface area contributed by atoms with Crippen LogP contribution in [-0.2, 0) is 4.74 Å². The lowest BCUT2D eigenvalue weighted by atomic mass is 10.2. The number of ether oxygens (including phenoxy) is 1. The second-order valence-electron chi connectivity index (χ2n) is 3.41. The van der Waals surface area contributed by atoms with Gasteiger partial charge in [0, 0.05) is 19.9 Å². The van der Waals surface area contributed by atoms with E-state index < -0.39 is 0 Å². The molecule has 4 nitrogen and oxygen atoms in total. The summed E-state index contributed by atoms with van der Waals surface area (Å²) in [6.45, 7) is 1.27. The molecule has 0 aliphatic heterocycles. The van der Waals surface area contributed by atoms with Gasteiger partial charge in [-0.3, -0.25) is 5.43 Å². The lowest BCUT2D eigenvalue weighted by Crippen LogP contribution is -2.34. The molecule has 1 aromatic carbocycles. The van der Waals surface area contributed by atoms with E-state index in [2.05, 4.69) is 15.8 Å². The van der Waals surface area contributed by atoms with Gasteiger partial charge in [-0.1, -0.05) is 36.4 Å². The number of allylic oxidation sites excluding steroid dienone is 1. The number of thiocarbonyl (C=S) groups is 1. The first-order valence-electron chi connectivity index (χ1n) is 5.60. The Bertz CT molecular complexity index is 404. The maximum absolute atomic E-state index is 4.99. The van der Waals surface area contributed by atoms with Gasteiger partial charge in [0.2, 0.25) is 0 Å². The summed E-state index contributed by atoms with van der Waals surface area (Å²) < 4.78 is 4.88. The molecule has 1 aromatic rings. The number of rotatable bonds is 6. The van der Waals surface area contributed by atoms with E-state index in [9.17, 15) is 0 Å². The van der Waals surface area contributed by atoms with Crippen LogP contribution in [0, 0.1) is 0 Å². The van der Waals surface area contributed by atoms with Crippen LogP contribution < -0.4 is 10.7 Å². The molecule has 0 unspecified atom stereocenters. The maximum atomic E-state index is 4.99. The van der Waals surface area contributed by atoms with Gasteiger partial charge in [0.25, 0.3) is 0 Å². The third-order valence-corrected chi connectivity index (χ3v) is 2.24. The molecule has 1 rings (SSSR count). The zero-order chi connectivity index (χ0) is 13.1. The molecule has 0 atom stereocenters. The molecule has 0 fully saturated rings. The predicted molar refractivity (Wildman–Crippen MR) is 79.6 cm³/mol. The molecule has 0 aliphatic carbocycles. The van der Waals surface area contributed by atoms with Crippen molar-refractivity contribution in [3.63, 3.8) is 0 Å². The summed E-state index contributed by atoms with van der Waals surface area (Å²) in [5, 5.41) is 7.39. The van der Waals surface area contributed by atoms with Crippen molar-refractivity contribution in [3.05, 3.63) is 42.0 Å². The van der Waals surface area contributed by atoms with E-state index in [0.717, 1.165) is 5.56 Å². The number of hydrogen-bond acceptors (Lipinski definition) is 3. The Balaban J connectivity index is 2.21. The Morgan fingerprint density at radius 3 is 2.89 bits per heavy atom. The van der Waals surface area contributed by atoms with E-state index in [1.54, 1.807) is 13.3 Å². The number of benzene rings is 1. The van der Waals surface area contributed by atoms with Crippen LogP contribution in [0.3, 0.4) is 0 Å². The van der Waals surface area contributed by atoms with Crippen molar-refractivity contribution in [1.29, 1.82) is 0 Å². The average molecular weight is 263 g/mol. The van der Waals surface area contributed by atoms with Crippen LogP contribution in [0.1, 0.15) is 5.56 Å². The minimum atomic E-state index is 0.483. The Hall–Kier alpha value is -1.72. The second kappa shape index (κ2) is 9.32. The molecule has 2 N–H and O–H groups in total. The molecule has 0 aromatic heterocycles. The second-order valence-corrected chi connectivity index (χ2v) is 3.82. The average Bonchev–Trinajstić information content (AvgIpc) is 2.40. The summed E-state index contributed by atoms with van der Waals surface area (Å²) in [6, 6.07) is 10.0. The fourth-order valence-corrected chi connectivity index (χ4v) is 1.32. The van der Waals surface area contributed by atoms with Gasteiger partial charge in [0.05, 0.1) is 6.61 Å². The summed E-state index contributed by atoms with van der Waals surface area (Å²) in [5.41, 5.74) is 3.84. The highest BCUT2D eigenvalue weighted by atomic mass is 32.1. The molecule has 0 spiro atoms. The fourth-order valence-electron chi connectivity index (χ4n) is 1.16. The topological polar surface area (TPSA) is 45.6 Å². The van der Waals surface area contributed by atoms with Crippen LogP contribution in [0.25, 0.3) is 6.08 Å². The maximum Gasteiger partial charge on any atom is 0.187 e. The number of nitrogens with zero attached hydrogens (tertiary/aromatic N) is 1. The summed E-state index contributed by atoms with van der Waals surface area (Å²) in [6.07, 6.45) is 5.46. The van der Waals surface area contributed by atoms with Crippen molar-refractivity contribution in [2.45, 2.75) is 0 Å². The number of nitrogens with one attached hydrogen (secondary N) is 2. The van der Waals surface area contributed by atoms with Crippen LogP contribution in [0.2, 0.25) is 0 Å². The summed E-state index contributed by atoms with van der Waals surface area (Å²) in [7, 11) is 1.64. The van der Waals surface area contributed by atoms with Crippen LogP contribution in [0.4, 0.5) is 0 Å². The van der Waals surface area contributed by atoms with Crippen molar-refractivity contribution >= 4 is 29.6 Å². The molecule has 0 bridgehead atoms. The van der Waals surface area contributed by atoms with Crippen molar-refractivity contribution in [3.8, 4) is 0 Å². The SMILES string of the molecule is COCCNC(=S)N/N=C/C=C/c1ccccc1. The molecule has 0 amide bonds. The molecule has 0 saturated heterocycles. The van der Waals surface area contributed by atoms with Gasteiger partial charge < -0.3 is 10.1 Å². The van der Waals surface area contributed by atoms with Crippen molar-refractivity contribution in [1.82, 2.24) is 10.7 Å². The third-order valence-electron chi connectivity index (χ3n) is 2.01. The molecule has 96 valence electrons. The van der Waals surface area contributed by atoms with Gasteiger partial charge in [0.1, 0.15) is 0 Å². The summed E-state index contributed by atoms with van der Waals surface area (Å²) in [5.74, 6) is 0. The highest BCUT2D eigenvalue weighted by Gasteiger charge is 1.89. The summed E-state index contributed by atoms with van der Waals surface area (Å²) in [4.78, 5) is 0. The predicted octanol–water partition coefficient (Wildman–Crippen LogP) is 1.80. The lowest BCUT2D eigenvalue weighted by Gasteiger charge is -2.04. The fraction of sp³-hybridized carbons (Fsp3) is 0.231. The number of methoxy groups -OCH3 is 1. The van der Waals surface area contributed by atoms with Crippen LogP contribution in [0.15, 0.2) is 41.5 Å². The first kappa shape index (κ1) is 14.3. The lowest BCUT2D eigenvalue weighted by molar-refractivity contribution is 0.204. The Morgan fingerprint density at radius 1 is 1.39 bits per heavy atom. The minimum Gasteiger partial charge on any atom is -0.383 e. The van der Waals surface area contributed by atoms with Crippen LogP contribution >= 0.6 is 12.2 Å². The van der Waals surface area contributed by atoms with Crippen molar-refractivity contribution in [2.24, 2.45) is 5.10 Å². The molecule has 5 heteroatoms.